The first-order valence-electron chi connectivity index (χ1n) is 14.5. The van der Waals surface area contributed by atoms with Crippen LogP contribution in [0.1, 0.15) is 112 Å². The van der Waals surface area contributed by atoms with Crippen LogP contribution in [0.3, 0.4) is 0 Å². The molecule has 0 spiro atoms. The average molecular weight is 518 g/mol. The lowest BCUT2D eigenvalue weighted by atomic mass is 10.0. The molecular formula is C31H55NO3Si. The largest absolute Gasteiger partial charge is 0.444 e. The van der Waals surface area contributed by atoms with Gasteiger partial charge in [0.05, 0.1) is 12.1 Å². The van der Waals surface area contributed by atoms with E-state index in [1.807, 2.05) is 20.8 Å². The number of benzene rings is 1. The molecule has 0 aliphatic carbocycles. The zero-order valence-electron chi connectivity index (χ0n) is 24.9. The average Bonchev–Trinajstić information content (AvgIpc) is 3.08. The Morgan fingerprint density at radius 1 is 0.944 bits per heavy atom. The van der Waals surface area contributed by atoms with E-state index in [2.05, 4.69) is 76.0 Å². The van der Waals surface area contributed by atoms with Gasteiger partial charge in [-0.2, -0.15) is 0 Å². The highest BCUT2D eigenvalue weighted by Crippen LogP contribution is 2.42. The van der Waals surface area contributed by atoms with E-state index in [1.165, 1.54) is 44.1 Å². The lowest BCUT2D eigenvalue weighted by Gasteiger charge is -2.40. The first-order valence-corrected chi connectivity index (χ1v) is 17.4. The SMILES string of the molecule is CCCCCCCCC[C@@H]1C[C@@H](O[Si](C)(C)C(C)(C)C)[C@H](Cc2ccccc2)N1C(=O)OC(C)(C)C. The highest BCUT2D eigenvalue weighted by atomic mass is 28.4. The van der Waals surface area contributed by atoms with E-state index in [0.29, 0.717) is 0 Å². The van der Waals surface area contributed by atoms with E-state index in [4.69, 9.17) is 9.16 Å². The second-order valence-electron chi connectivity index (χ2n) is 13.4. The van der Waals surface area contributed by atoms with Gasteiger partial charge in [0.2, 0.25) is 0 Å². The fourth-order valence-corrected chi connectivity index (χ4v) is 6.31. The Morgan fingerprint density at radius 2 is 1.53 bits per heavy atom. The number of carbonyl (C=O) groups is 1. The van der Waals surface area contributed by atoms with Gasteiger partial charge in [0.15, 0.2) is 8.32 Å². The number of hydrogen-bond donors (Lipinski definition) is 0. The van der Waals surface area contributed by atoms with Crippen molar-refractivity contribution < 1.29 is 14.0 Å². The molecule has 206 valence electrons. The summed E-state index contributed by atoms with van der Waals surface area (Å²) in [4.78, 5) is 15.7. The van der Waals surface area contributed by atoms with Crippen LogP contribution in [0.5, 0.6) is 0 Å². The van der Waals surface area contributed by atoms with E-state index in [-0.39, 0.29) is 29.3 Å². The predicted molar refractivity (Wildman–Crippen MR) is 155 cm³/mol. The molecule has 0 saturated carbocycles. The van der Waals surface area contributed by atoms with Gasteiger partial charge in [-0.25, -0.2) is 4.79 Å². The summed E-state index contributed by atoms with van der Waals surface area (Å²) < 4.78 is 13.0. The molecule has 0 N–H and O–H groups in total. The number of amides is 1. The second kappa shape index (κ2) is 13.5. The van der Waals surface area contributed by atoms with Gasteiger partial charge in [-0.15, -0.1) is 0 Å². The molecular weight excluding hydrogens is 462 g/mol. The topological polar surface area (TPSA) is 38.8 Å². The van der Waals surface area contributed by atoms with E-state index < -0.39 is 13.9 Å². The van der Waals surface area contributed by atoms with Crippen molar-refractivity contribution in [2.75, 3.05) is 0 Å². The Bertz CT molecular complexity index is 781. The minimum Gasteiger partial charge on any atom is -0.444 e. The third kappa shape index (κ3) is 9.52. The number of hydrogen-bond acceptors (Lipinski definition) is 3. The Morgan fingerprint density at radius 3 is 2.08 bits per heavy atom. The minimum absolute atomic E-state index is 0.00840. The third-order valence-corrected chi connectivity index (χ3v) is 12.5. The third-order valence-electron chi connectivity index (χ3n) is 7.97. The summed E-state index contributed by atoms with van der Waals surface area (Å²) in [5.41, 5.74) is 0.729. The van der Waals surface area contributed by atoms with Crippen molar-refractivity contribution in [2.45, 2.75) is 155 Å². The summed E-state index contributed by atoms with van der Waals surface area (Å²) in [7, 11) is -2.01. The van der Waals surface area contributed by atoms with Crippen molar-refractivity contribution in [1.82, 2.24) is 4.90 Å². The van der Waals surface area contributed by atoms with Crippen molar-refractivity contribution >= 4 is 14.4 Å². The lowest BCUT2D eigenvalue weighted by molar-refractivity contribution is 0.00866. The molecule has 4 nitrogen and oxygen atoms in total. The molecule has 0 radical (unpaired) electrons. The standard InChI is InChI=1S/C31H55NO3Si/c1-10-11-12-13-14-15-19-22-26-24-28(35-36(8,9)31(5,6)7)27(23-25-20-17-16-18-21-25)32(26)29(33)34-30(2,3)4/h16-18,20-21,26-28H,10-15,19,22-24H2,1-9H3/t26-,27+,28-/m1/s1. The fourth-order valence-electron chi connectivity index (χ4n) is 4.95. The maximum Gasteiger partial charge on any atom is 0.410 e. The van der Waals surface area contributed by atoms with Gasteiger partial charge in [-0.3, -0.25) is 4.90 Å². The van der Waals surface area contributed by atoms with Crippen LogP contribution in [-0.2, 0) is 15.6 Å². The highest BCUT2D eigenvalue weighted by Gasteiger charge is 2.49. The first kappa shape index (κ1) is 30.9. The number of rotatable bonds is 12. The van der Waals surface area contributed by atoms with E-state index >= 15 is 0 Å². The van der Waals surface area contributed by atoms with Crippen molar-refractivity contribution in [1.29, 1.82) is 0 Å². The quantitative estimate of drug-likeness (QED) is 0.205. The van der Waals surface area contributed by atoms with Crippen LogP contribution in [0, 0.1) is 0 Å². The zero-order valence-corrected chi connectivity index (χ0v) is 25.9. The van der Waals surface area contributed by atoms with E-state index in [0.717, 1.165) is 25.7 Å². The molecule has 3 atom stereocenters. The van der Waals surface area contributed by atoms with Crippen molar-refractivity contribution in [3.8, 4) is 0 Å². The van der Waals surface area contributed by atoms with E-state index in [9.17, 15) is 4.79 Å². The molecule has 1 amide bonds. The molecule has 0 bridgehead atoms. The minimum atomic E-state index is -2.01. The van der Waals surface area contributed by atoms with Gasteiger partial charge in [-0.05, 0) is 63.7 Å². The Balaban J connectivity index is 2.27. The van der Waals surface area contributed by atoms with Crippen LogP contribution in [0.25, 0.3) is 0 Å². The predicted octanol–water partition coefficient (Wildman–Crippen LogP) is 9.14. The number of ether oxygens (including phenoxy) is 1. The lowest BCUT2D eigenvalue weighted by Crippen LogP contribution is -2.50. The van der Waals surface area contributed by atoms with Crippen LogP contribution in [0.2, 0.25) is 18.1 Å². The molecule has 1 aliphatic heterocycles. The normalized spacial score (nSPS) is 21.1. The van der Waals surface area contributed by atoms with E-state index in [1.54, 1.807) is 0 Å². The second-order valence-corrected chi connectivity index (χ2v) is 18.1. The van der Waals surface area contributed by atoms with Gasteiger partial charge in [0, 0.05) is 6.04 Å². The van der Waals surface area contributed by atoms with Crippen molar-refractivity contribution in [3.63, 3.8) is 0 Å². The molecule has 2 rings (SSSR count). The summed E-state index contributed by atoms with van der Waals surface area (Å²) in [5, 5.41) is 0.123. The molecule has 36 heavy (non-hydrogen) atoms. The summed E-state index contributed by atoms with van der Waals surface area (Å²) in [5.74, 6) is 0. The smallest absolute Gasteiger partial charge is 0.410 e. The summed E-state index contributed by atoms with van der Waals surface area (Å²) in [6, 6.07) is 10.7. The van der Waals surface area contributed by atoms with Gasteiger partial charge in [-0.1, -0.05) is 103 Å². The van der Waals surface area contributed by atoms with Crippen molar-refractivity contribution in [2.24, 2.45) is 0 Å². The number of nitrogens with zero attached hydrogens (tertiary/aromatic N) is 1. The maximum atomic E-state index is 13.6. The van der Waals surface area contributed by atoms with Gasteiger partial charge >= 0.3 is 6.09 Å². The Labute approximate surface area is 223 Å². The fraction of sp³-hybridized carbons (Fsp3) is 0.774. The van der Waals surface area contributed by atoms with Crippen LogP contribution in [0.4, 0.5) is 4.79 Å². The summed E-state index contributed by atoms with van der Waals surface area (Å²) in [6.07, 6.45) is 11.5. The molecule has 1 fully saturated rings. The molecule has 1 saturated heterocycles. The summed E-state index contributed by atoms with van der Waals surface area (Å²) >= 11 is 0. The molecule has 1 aromatic rings. The van der Waals surface area contributed by atoms with Crippen LogP contribution in [0.15, 0.2) is 30.3 Å². The molecule has 1 heterocycles. The molecule has 0 unspecified atom stereocenters. The zero-order chi connectivity index (χ0) is 27.0. The molecule has 1 aromatic carbocycles. The maximum absolute atomic E-state index is 13.6. The molecule has 1 aliphatic rings. The number of unbranched alkanes of at least 4 members (excludes halogenated alkanes) is 6. The van der Waals surface area contributed by atoms with Crippen LogP contribution >= 0.6 is 0 Å². The monoisotopic (exact) mass is 517 g/mol. The van der Waals surface area contributed by atoms with Crippen molar-refractivity contribution in [3.05, 3.63) is 35.9 Å². The summed E-state index contributed by atoms with van der Waals surface area (Å²) in [6.45, 7) is 19.7. The van der Waals surface area contributed by atoms with Crippen LogP contribution < -0.4 is 0 Å². The molecule has 0 aromatic heterocycles. The van der Waals surface area contributed by atoms with Crippen LogP contribution in [-0.4, -0.2) is 43.1 Å². The Hall–Kier alpha value is -1.33. The highest BCUT2D eigenvalue weighted by molar-refractivity contribution is 6.74. The number of carbonyl (C=O) groups excluding carboxylic acids is 1. The molecule has 5 heteroatoms. The Kier molecular flexibility index (Phi) is 11.5. The first-order chi connectivity index (χ1) is 16.7. The number of likely N-dealkylation sites (tertiary alicyclic amines) is 1. The van der Waals surface area contributed by atoms with Gasteiger partial charge in [0.1, 0.15) is 5.60 Å². The van der Waals surface area contributed by atoms with Gasteiger partial charge in [0.25, 0.3) is 0 Å². The van der Waals surface area contributed by atoms with Gasteiger partial charge < -0.3 is 9.16 Å².